The number of methoxy groups -OCH3 is 1. The molecule has 1 N–H and O–H groups in total. The summed E-state index contributed by atoms with van der Waals surface area (Å²) in [5.74, 6) is 0.256. The van der Waals surface area contributed by atoms with Crippen molar-refractivity contribution in [2.24, 2.45) is 0 Å². The number of carbonyl (C=O) groups excluding carboxylic acids is 1. The van der Waals surface area contributed by atoms with Gasteiger partial charge in [-0.15, -0.1) is 0 Å². The molecule has 1 atom stereocenters. The number of nitrogens with one attached hydrogen (secondary N) is 1. The Bertz CT molecular complexity index is 266. The molecule has 0 bridgehead atoms. The summed E-state index contributed by atoms with van der Waals surface area (Å²) in [4.78, 5) is 16.6. The summed E-state index contributed by atoms with van der Waals surface area (Å²) in [6.45, 7) is 7.27. The molecule has 1 unspecified atom stereocenters. The third-order valence-electron chi connectivity index (χ3n) is 3.91. The SMILES string of the molecule is COCCN(C)CCNC(C)C(=O)N1CCCCCC1. The molecule has 5 heteroatoms. The molecule has 0 aromatic carbocycles. The zero-order chi connectivity index (χ0) is 14.8. The average molecular weight is 285 g/mol. The zero-order valence-corrected chi connectivity index (χ0v) is 13.4. The Hall–Kier alpha value is -0.650. The van der Waals surface area contributed by atoms with E-state index in [0.29, 0.717) is 0 Å². The van der Waals surface area contributed by atoms with Crippen molar-refractivity contribution in [3.8, 4) is 0 Å². The predicted octanol–water partition coefficient (Wildman–Crippen LogP) is 0.945. The van der Waals surface area contributed by atoms with Crippen molar-refractivity contribution in [3.05, 3.63) is 0 Å². The van der Waals surface area contributed by atoms with Gasteiger partial charge in [0, 0.05) is 39.8 Å². The summed E-state index contributed by atoms with van der Waals surface area (Å²) < 4.78 is 5.05. The number of amides is 1. The highest BCUT2D eigenvalue weighted by atomic mass is 16.5. The Kier molecular flexibility index (Phi) is 8.82. The van der Waals surface area contributed by atoms with Crippen molar-refractivity contribution in [1.82, 2.24) is 15.1 Å². The van der Waals surface area contributed by atoms with Crippen molar-refractivity contribution in [2.45, 2.75) is 38.6 Å². The van der Waals surface area contributed by atoms with E-state index in [2.05, 4.69) is 17.3 Å². The van der Waals surface area contributed by atoms with E-state index < -0.39 is 0 Å². The number of nitrogens with zero attached hydrogens (tertiary/aromatic N) is 2. The van der Waals surface area contributed by atoms with Crippen molar-refractivity contribution < 1.29 is 9.53 Å². The summed E-state index contributed by atoms with van der Waals surface area (Å²) in [5, 5.41) is 3.33. The van der Waals surface area contributed by atoms with Gasteiger partial charge in [-0.1, -0.05) is 12.8 Å². The fourth-order valence-corrected chi connectivity index (χ4v) is 2.48. The van der Waals surface area contributed by atoms with Crippen LogP contribution in [0.4, 0.5) is 0 Å². The normalized spacial score (nSPS) is 18.1. The maximum absolute atomic E-state index is 12.3. The van der Waals surface area contributed by atoms with Crippen molar-refractivity contribution in [3.63, 3.8) is 0 Å². The second-order valence-electron chi connectivity index (χ2n) is 5.71. The quantitative estimate of drug-likeness (QED) is 0.721. The average Bonchev–Trinajstić information content (AvgIpc) is 2.73. The minimum atomic E-state index is -0.0797. The third-order valence-corrected chi connectivity index (χ3v) is 3.91. The molecular weight excluding hydrogens is 254 g/mol. The molecule has 0 saturated carbocycles. The van der Waals surface area contributed by atoms with Gasteiger partial charge in [0.25, 0.3) is 0 Å². The highest BCUT2D eigenvalue weighted by Gasteiger charge is 2.20. The van der Waals surface area contributed by atoms with E-state index in [4.69, 9.17) is 4.74 Å². The Labute approximate surface area is 123 Å². The predicted molar refractivity (Wildman–Crippen MR) is 81.9 cm³/mol. The third kappa shape index (κ3) is 6.68. The molecule has 0 aromatic heterocycles. The maximum atomic E-state index is 12.3. The molecule has 1 saturated heterocycles. The van der Waals surface area contributed by atoms with E-state index in [0.717, 1.165) is 52.2 Å². The van der Waals surface area contributed by atoms with Gasteiger partial charge in [0.05, 0.1) is 12.6 Å². The number of ether oxygens (including phenoxy) is 1. The van der Waals surface area contributed by atoms with Crippen LogP contribution in [0.15, 0.2) is 0 Å². The molecule has 0 aromatic rings. The first-order valence-electron chi connectivity index (χ1n) is 7.85. The molecule has 1 aliphatic rings. The van der Waals surface area contributed by atoms with E-state index in [1.54, 1.807) is 7.11 Å². The number of rotatable bonds is 8. The number of carbonyl (C=O) groups is 1. The van der Waals surface area contributed by atoms with E-state index in [9.17, 15) is 4.79 Å². The standard InChI is InChI=1S/C15H31N3O2/c1-14(16-8-11-17(2)12-13-20-3)15(19)18-9-6-4-5-7-10-18/h14,16H,4-13H2,1-3H3. The van der Waals surface area contributed by atoms with Gasteiger partial charge >= 0.3 is 0 Å². The zero-order valence-electron chi connectivity index (χ0n) is 13.4. The highest BCUT2D eigenvalue weighted by Crippen LogP contribution is 2.10. The van der Waals surface area contributed by atoms with Crippen LogP contribution in [-0.2, 0) is 9.53 Å². The first kappa shape index (κ1) is 17.4. The van der Waals surface area contributed by atoms with E-state index in [1.165, 1.54) is 12.8 Å². The smallest absolute Gasteiger partial charge is 0.239 e. The lowest BCUT2D eigenvalue weighted by atomic mass is 10.2. The summed E-state index contributed by atoms with van der Waals surface area (Å²) in [7, 11) is 3.79. The number of hydrogen-bond acceptors (Lipinski definition) is 4. The topological polar surface area (TPSA) is 44.8 Å². The minimum Gasteiger partial charge on any atom is -0.383 e. The number of likely N-dealkylation sites (tertiary alicyclic amines) is 1. The van der Waals surface area contributed by atoms with E-state index >= 15 is 0 Å². The largest absolute Gasteiger partial charge is 0.383 e. The lowest BCUT2D eigenvalue weighted by Crippen LogP contribution is -2.47. The van der Waals surface area contributed by atoms with Gasteiger partial charge in [0.2, 0.25) is 5.91 Å². The van der Waals surface area contributed by atoms with Crippen LogP contribution in [0.5, 0.6) is 0 Å². The molecular formula is C15H31N3O2. The van der Waals surface area contributed by atoms with Crippen LogP contribution in [0.2, 0.25) is 0 Å². The fourth-order valence-electron chi connectivity index (χ4n) is 2.48. The van der Waals surface area contributed by atoms with Gasteiger partial charge in [-0.3, -0.25) is 4.79 Å². The molecule has 0 spiro atoms. The minimum absolute atomic E-state index is 0.0797. The van der Waals surface area contributed by atoms with Gasteiger partial charge in [-0.05, 0) is 26.8 Å². The Balaban J connectivity index is 2.20. The molecule has 0 aliphatic carbocycles. The molecule has 0 radical (unpaired) electrons. The summed E-state index contributed by atoms with van der Waals surface area (Å²) in [5.41, 5.74) is 0. The summed E-state index contributed by atoms with van der Waals surface area (Å²) in [6, 6.07) is -0.0797. The van der Waals surface area contributed by atoms with Gasteiger partial charge < -0.3 is 19.9 Å². The van der Waals surface area contributed by atoms with Crippen molar-refractivity contribution in [1.29, 1.82) is 0 Å². The van der Waals surface area contributed by atoms with Crippen LogP contribution in [0, 0.1) is 0 Å². The lowest BCUT2D eigenvalue weighted by molar-refractivity contribution is -0.133. The van der Waals surface area contributed by atoms with E-state index in [-0.39, 0.29) is 11.9 Å². The number of likely N-dealkylation sites (N-methyl/N-ethyl adjacent to an activating group) is 1. The molecule has 1 rings (SSSR count). The van der Waals surface area contributed by atoms with Gasteiger partial charge in [-0.25, -0.2) is 0 Å². The van der Waals surface area contributed by atoms with Crippen LogP contribution >= 0.6 is 0 Å². The molecule has 118 valence electrons. The van der Waals surface area contributed by atoms with Crippen LogP contribution in [0.1, 0.15) is 32.6 Å². The Morgan fingerprint density at radius 2 is 1.90 bits per heavy atom. The van der Waals surface area contributed by atoms with Crippen molar-refractivity contribution in [2.75, 3.05) is 53.5 Å². The number of hydrogen-bond donors (Lipinski definition) is 1. The molecule has 20 heavy (non-hydrogen) atoms. The first-order valence-corrected chi connectivity index (χ1v) is 7.85. The molecule has 5 nitrogen and oxygen atoms in total. The summed E-state index contributed by atoms with van der Waals surface area (Å²) >= 11 is 0. The monoisotopic (exact) mass is 285 g/mol. The van der Waals surface area contributed by atoms with E-state index in [1.807, 2.05) is 11.8 Å². The summed E-state index contributed by atoms with van der Waals surface area (Å²) in [6.07, 6.45) is 4.82. The fraction of sp³-hybridized carbons (Fsp3) is 0.933. The van der Waals surface area contributed by atoms with Crippen LogP contribution in [0.25, 0.3) is 0 Å². The van der Waals surface area contributed by atoms with Crippen LogP contribution < -0.4 is 5.32 Å². The molecule has 1 aliphatic heterocycles. The van der Waals surface area contributed by atoms with Crippen molar-refractivity contribution >= 4 is 5.91 Å². The first-order chi connectivity index (χ1) is 9.65. The van der Waals surface area contributed by atoms with Gasteiger partial charge in [-0.2, -0.15) is 0 Å². The van der Waals surface area contributed by atoms with Crippen LogP contribution in [-0.4, -0.2) is 75.2 Å². The highest BCUT2D eigenvalue weighted by molar-refractivity contribution is 5.81. The second-order valence-corrected chi connectivity index (χ2v) is 5.71. The lowest BCUT2D eigenvalue weighted by Gasteiger charge is -2.25. The Morgan fingerprint density at radius 1 is 1.25 bits per heavy atom. The Morgan fingerprint density at radius 3 is 2.50 bits per heavy atom. The molecule has 1 fully saturated rings. The molecule has 1 heterocycles. The van der Waals surface area contributed by atoms with Gasteiger partial charge in [0.15, 0.2) is 0 Å². The molecule has 1 amide bonds. The van der Waals surface area contributed by atoms with Crippen LogP contribution in [0.3, 0.4) is 0 Å². The maximum Gasteiger partial charge on any atom is 0.239 e. The second kappa shape index (κ2) is 10.1. The van der Waals surface area contributed by atoms with Gasteiger partial charge in [0.1, 0.15) is 0 Å².